The molecule has 1 aliphatic carbocycles. The average molecular weight is 259 g/mol. The van der Waals surface area contributed by atoms with E-state index in [2.05, 4.69) is 0 Å². The van der Waals surface area contributed by atoms with Gasteiger partial charge in [0.15, 0.2) is 0 Å². The summed E-state index contributed by atoms with van der Waals surface area (Å²) in [6, 6.07) is -1.11. The highest BCUT2D eigenvalue weighted by Crippen LogP contribution is 2.28. The molecule has 0 aliphatic heterocycles. The van der Waals surface area contributed by atoms with Crippen molar-refractivity contribution in [3.63, 3.8) is 0 Å². The second-order valence-corrected chi connectivity index (χ2v) is 5.40. The predicted molar refractivity (Wildman–Crippen MR) is 68.1 cm³/mol. The van der Waals surface area contributed by atoms with Crippen LogP contribution in [0.15, 0.2) is 0 Å². The van der Waals surface area contributed by atoms with Crippen molar-refractivity contribution in [2.45, 2.75) is 69.6 Å². The molecule has 0 bridgehead atoms. The Labute approximate surface area is 108 Å². The first-order chi connectivity index (χ1) is 8.50. The molecule has 5 heteroatoms. The molecule has 0 aromatic rings. The number of carboxylic acid groups (broad SMARTS) is 1. The van der Waals surface area contributed by atoms with Gasteiger partial charge in [-0.3, -0.25) is 4.79 Å². The smallest absolute Gasteiger partial charge is 0.320 e. The minimum absolute atomic E-state index is 0.0961. The van der Waals surface area contributed by atoms with Crippen molar-refractivity contribution in [1.82, 2.24) is 0 Å². The van der Waals surface area contributed by atoms with Gasteiger partial charge in [0.1, 0.15) is 6.04 Å². The second kappa shape index (κ2) is 7.71. The van der Waals surface area contributed by atoms with Gasteiger partial charge >= 0.3 is 5.97 Å². The third-order valence-electron chi connectivity index (χ3n) is 3.85. The summed E-state index contributed by atoms with van der Waals surface area (Å²) < 4.78 is 0. The molecule has 1 fully saturated rings. The van der Waals surface area contributed by atoms with Crippen molar-refractivity contribution in [3.8, 4) is 0 Å². The molecule has 5 N–H and O–H groups in total. The van der Waals surface area contributed by atoms with Gasteiger partial charge < -0.3 is 21.1 Å². The number of aliphatic carboxylic acids is 1. The monoisotopic (exact) mass is 259 g/mol. The fourth-order valence-corrected chi connectivity index (χ4v) is 2.59. The van der Waals surface area contributed by atoms with Crippen LogP contribution >= 0.6 is 0 Å². The highest BCUT2D eigenvalue weighted by atomic mass is 16.4. The summed E-state index contributed by atoms with van der Waals surface area (Å²) in [5, 5.41) is 28.1. The molecule has 0 heterocycles. The van der Waals surface area contributed by atoms with Crippen LogP contribution in [0, 0.1) is 5.92 Å². The molecule has 0 spiro atoms. The maximum atomic E-state index is 10.5. The van der Waals surface area contributed by atoms with E-state index in [1.165, 1.54) is 32.1 Å². The van der Waals surface area contributed by atoms with E-state index in [-0.39, 0.29) is 6.42 Å². The number of aliphatic hydroxyl groups excluding tert-OH is 2. The topological polar surface area (TPSA) is 104 Å². The third-order valence-corrected chi connectivity index (χ3v) is 3.85. The molecule has 0 amide bonds. The fraction of sp³-hybridized carbons (Fsp3) is 0.923. The second-order valence-electron chi connectivity index (χ2n) is 5.40. The molecule has 0 radical (unpaired) electrons. The maximum absolute atomic E-state index is 10.5. The largest absolute Gasteiger partial charge is 0.480 e. The highest BCUT2D eigenvalue weighted by Gasteiger charge is 2.24. The van der Waals surface area contributed by atoms with Crippen LogP contribution in [0.2, 0.25) is 0 Å². The number of hydrogen-bond donors (Lipinski definition) is 4. The van der Waals surface area contributed by atoms with Crippen molar-refractivity contribution in [3.05, 3.63) is 0 Å². The molecule has 1 saturated carbocycles. The molecule has 106 valence electrons. The van der Waals surface area contributed by atoms with Gasteiger partial charge in [0.05, 0.1) is 12.2 Å². The summed E-state index contributed by atoms with van der Waals surface area (Å²) in [4.78, 5) is 10.5. The van der Waals surface area contributed by atoms with Crippen molar-refractivity contribution in [1.29, 1.82) is 0 Å². The zero-order chi connectivity index (χ0) is 13.5. The van der Waals surface area contributed by atoms with Gasteiger partial charge in [-0.1, -0.05) is 32.1 Å². The van der Waals surface area contributed by atoms with Gasteiger partial charge in [-0.2, -0.15) is 0 Å². The predicted octanol–water partition coefficient (Wildman–Crippen LogP) is 0.871. The lowest BCUT2D eigenvalue weighted by atomic mass is 9.85. The molecule has 0 aromatic carbocycles. The molecule has 0 saturated heterocycles. The van der Waals surface area contributed by atoms with E-state index in [1.54, 1.807) is 0 Å². The van der Waals surface area contributed by atoms with Crippen LogP contribution in [-0.2, 0) is 4.79 Å². The first-order valence-corrected chi connectivity index (χ1v) is 6.85. The van der Waals surface area contributed by atoms with Crippen LogP contribution in [0.4, 0.5) is 0 Å². The van der Waals surface area contributed by atoms with Crippen molar-refractivity contribution in [2.75, 3.05) is 0 Å². The Morgan fingerprint density at radius 3 is 2.33 bits per heavy atom. The molecule has 18 heavy (non-hydrogen) atoms. The standard InChI is InChI=1S/C13H25NO4/c14-10(13(17)18)8-12(16)11(15)7-6-9-4-2-1-3-5-9/h9-12,15-16H,1-8,14H2,(H,17,18). The van der Waals surface area contributed by atoms with Gasteiger partial charge in [0.25, 0.3) is 0 Å². The Bertz CT molecular complexity index is 253. The first kappa shape index (κ1) is 15.4. The number of carbonyl (C=O) groups is 1. The lowest BCUT2D eigenvalue weighted by molar-refractivity contribution is -0.139. The normalized spacial score (nSPS) is 22.4. The minimum Gasteiger partial charge on any atom is -0.480 e. The van der Waals surface area contributed by atoms with Gasteiger partial charge in [-0.25, -0.2) is 0 Å². The summed E-state index contributed by atoms with van der Waals surface area (Å²) in [5.41, 5.74) is 5.32. The fourth-order valence-electron chi connectivity index (χ4n) is 2.59. The van der Waals surface area contributed by atoms with E-state index < -0.39 is 24.2 Å². The Balaban J connectivity index is 2.22. The van der Waals surface area contributed by atoms with Gasteiger partial charge in [0, 0.05) is 6.42 Å². The van der Waals surface area contributed by atoms with Crippen LogP contribution in [0.1, 0.15) is 51.4 Å². The number of carboxylic acids is 1. The Kier molecular flexibility index (Phi) is 6.60. The lowest BCUT2D eigenvalue weighted by Gasteiger charge is -2.24. The minimum atomic E-state index is -1.14. The molecule has 3 unspecified atom stereocenters. The Morgan fingerprint density at radius 1 is 1.17 bits per heavy atom. The van der Waals surface area contributed by atoms with Crippen LogP contribution in [0.5, 0.6) is 0 Å². The quantitative estimate of drug-likeness (QED) is 0.543. The van der Waals surface area contributed by atoms with E-state index in [1.807, 2.05) is 0 Å². The summed E-state index contributed by atoms with van der Waals surface area (Å²) in [6.07, 6.45) is 5.65. The summed E-state index contributed by atoms with van der Waals surface area (Å²) in [5.74, 6) is -0.498. The first-order valence-electron chi connectivity index (χ1n) is 6.85. The van der Waals surface area contributed by atoms with Crippen molar-refractivity contribution in [2.24, 2.45) is 11.7 Å². The van der Waals surface area contributed by atoms with Gasteiger partial charge in [0.2, 0.25) is 0 Å². The number of nitrogens with two attached hydrogens (primary N) is 1. The number of rotatable bonds is 7. The summed E-state index contributed by atoms with van der Waals surface area (Å²) >= 11 is 0. The maximum Gasteiger partial charge on any atom is 0.320 e. The summed E-state index contributed by atoms with van der Waals surface area (Å²) in [7, 11) is 0. The van der Waals surface area contributed by atoms with E-state index in [0.29, 0.717) is 12.3 Å². The van der Waals surface area contributed by atoms with Crippen LogP contribution < -0.4 is 5.73 Å². The molecular formula is C13H25NO4. The van der Waals surface area contributed by atoms with Crippen LogP contribution in [0.3, 0.4) is 0 Å². The SMILES string of the molecule is NC(CC(O)C(O)CCC1CCCCC1)C(=O)O. The van der Waals surface area contributed by atoms with Gasteiger partial charge in [-0.05, 0) is 18.8 Å². The zero-order valence-corrected chi connectivity index (χ0v) is 10.8. The molecule has 0 aromatic heterocycles. The van der Waals surface area contributed by atoms with Crippen molar-refractivity contribution >= 4 is 5.97 Å². The average Bonchev–Trinajstić information content (AvgIpc) is 2.36. The van der Waals surface area contributed by atoms with E-state index in [4.69, 9.17) is 10.8 Å². The Hall–Kier alpha value is -0.650. The molecular weight excluding hydrogens is 234 g/mol. The molecule has 5 nitrogen and oxygen atoms in total. The molecule has 1 aliphatic rings. The molecule has 1 rings (SSSR count). The van der Waals surface area contributed by atoms with Gasteiger partial charge in [-0.15, -0.1) is 0 Å². The third kappa shape index (κ3) is 5.33. The zero-order valence-electron chi connectivity index (χ0n) is 10.8. The van der Waals surface area contributed by atoms with Crippen LogP contribution in [0.25, 0.3) is 0 Å². The number of hydrogen-bond acceptors (Lipinski definition) is 4. The van der Waals surface area contributed by atoms with Crippen LogP contribution in [-0.4, -0.2) is 39.5 Å². The molecule has 3 atom stereocenters. The number of aliphatic hydroxyl groups is 2. The van der Waals surface area contributed by atoms with E-state index >= 15 is 0 Å². The highest BCUT2D eigenvalue weighted by molar-refractivity contribution is 5.73. The van der Waals surface area contributed by atoms with E-state index in [9.17, 15) is 15.0 Å². The Morgan fingerprint density at radius 2 is 1.78 bits per heavy atom. The van der Waals surface area contributed by atoms with Crippen molar-refractivity contribution < 1.29 is 20.1 Å². The van der Waals surface area contributed by atoms with E-state index in [0.717, 1.165) is 6.42 Å². The summed E-state index contributed by atoms with van der Waals surface area (Å²) in [6.45, 7) is 0. The lowest BCUT2D eigenvalue weighted by Crippen LogP contribution is -2.38.